The van der Waals surface area contributed by atoms with Crippen molar-refractivity contribution in [2.45, 2.75) is 19.1 Å². The molecule has 2 rings (SSSR count). The maximum Gasteiger partial charge on any atom is 0.248 e. The zero-order chi connectivity index (χ0) is 9.31. The van der Waals surface area contributed by atoms with Crippen LogP contribution < -0.4 is 4.43 Å². The van der Waals surface area contributed by atoms with Crippen molar-refractivity contribution < 1.29 is 4.43 Å². The smallest absolute Gasteiger partial charge is 0.248 e. The van der Waals surface area contributed by atoms with Gasteiger partial charge in [0, 0.05) is 5.56 Å². The molecule has 0 radical (unpaired) electrons. The lowest BCUT2D eigenvalue weighted by Crippen LogP contribution is -2.32. The van der Waals surface area contributed by atoms with Gasteiger partial charge in [0.25, 0.3) is 0 Å². The van der Waals surface area contributed by atoms with Gasteiger partial charge in [-0.1, -0.05) is 30.4 Å². The minimum Gasteiger partial charge on any atom is -0.543 e. The summed E-state index contributed by atoms with van der Waals surface area (Å²) in [6.07, 6.45) is 4.40. The zero-order valence-electron chi connectivity index (χ0n) is 8.08. The Morgan fingerprint density at radius 1 is 1.23 bits per heavy atom. The van der Waals surface area contributed by atoms with E-state index < -0.39 is 8.32 Å². The molecule has 0 aliphatic carbocycles. The van der Waals surface area contributed by atoms with Gasteiger partial charge in [0.1, 0.15) is 5.75 Å². The van der Waals surface area contributed by atoms with E-state index >= 15 is 0 Å². The predicted octanol–water partition coefficient (Wildman–Crippen LogP) is 3.30. The minimum atomic E-state index is -1.48. The van der Waals surface area contributed by atoms with Crippen molar-refractivity contribution in [3.8, 4) is 5.75 Å². The summed E-state index contributed by atoms with van der Waals surface area (Å²) in [5.74, 6) is 1.05. The Morgan fingerprint density at radius 2 is 2.00 bits per heavy atom. The molecule has 0 unspecified atom stereocenters. The van der Waals surface area contributed by atoms with Crippen LogP contribution in [0.25, 0.3) is 6.08 Å². The molecule has 1 aromatic carbocycles. The van der Waals surface area contributed by atoms with Crippen molar-refractivity contribution in [3.63, 3.8) is 0 Å². The molecule has 0 aromatic heterocycles. The summed E-state index contributed by atoms with van der Waals surface area (Å²) in [6.45, 7) is 4.50. The van der Waals surface area contributed by atoms with Gasteiger partial charge < -0.3 is 4.43 Å². The summed E-state index contributed by atoms with van der Waals surface area (Å²) in [5.41, 5.74) is 1.21. The number of benzene rings is 1. The van der Waals surface area contributed by atoms with E-state index in [1.807, 2.05) is 12.1 Å². The third-order valence-corrected chi connectivity index (χ3v) is 4.20. The molecule has 1 aliphatic heterocycles. The first kappa shape index (κ1) is 8.57. The second-order valence-electron chi connectivity index (χ2n) is 4.01. The minimum absolute atomic E-state index is 1.05. The Hall–Kier alpha value is -1.02. The van der Waals surface area contributed by atoms with Crippen molar-refractivity contribution in [2.75, 3.05) is 0 Å². The molecule has 13 heavy (non-hydrogen) atoms. The van der Waals surface area contributed by atoms with Gasteiger partial charge in [-0.3, -0.25) is 0 Å². The van der Waals surface area contributed by atoms with Gasteiger partial charge in [-0.25, -0.2) is 0 Å². The fraction of sp³-hybridized carbons (Fsp3) is 0.273. The highest BCUT2D eigenvalue weighted by atomic mass is 28.4. The molecule has 0 N–H and O–H groups in total. The summed E-state index contributed by atoms with van der Waals surface area (Å²) in [5, 5.41) is 0. The summed E-state index contributed by atoms with van der Waals surface area (Å²) in [6, 6.07) is 9.33. The molecule has 1 aromatic rings. The van der Waals surface area contributed by atoms with Crippen LogP contribution in [-0.4, -0.2) is 8.32 Å². The first-order valence-corrected chi connectivity index (χ1v) is 7.73. The average Bonchev–Trinajstić information content (AvgIpc) is 2.21. The molecule has 0 fully saturated rings. The normalized spacial score (nSPS) is 18.6. The van der Waals surface area contributed by atoms with E-state index in [0.717, 1.165) is 11.8 Å². The molecule has 0 spiro atoms. The van der Waals surface area contributed by atoms with Crippen LogP contribution in [0.2, 0.25) is 19.1 Å². The van der Waals surface area contributed by atoms with Gasteiger partial charge in [-0.15, -0.1) is 0 Å². The molecule has 68 valence electrons. The Kier molecular flexibility index (Phi) is 2.00. The molecular weight excluding hydrogens is 176 g/mol. The zero-order valence-corrected chi connectivity index (χ0v) is 9.08. The molecule has 1 aliphatic rings. The molecule has 0 amide bonds. The van der Waals surface area contributed by atoms with Crippen LogP contribution >= 0.6 is 0 Å². The van der Waals surface area contributed by atoms with Gasteiger partial charge in [0.15, 0.2) is 0 Å². The summed E-state index contributed by atoms with van der Waals surface area (Å²) in [4.78, 5) is 0. The first-order valence-electron chi connectivity index (χ1n) is 4.62. The number of para-hydroxylation sites is 1. The fourth-order valence-corrected chi connectivity index (χ4v) is 3.07. The fourth-order valence-electron chi connectivity index (χ4n) is 1.52. The SMILES string of the molecule is C[Si]1(C)CC=Cc2ccccc2O1. The molecule has 0 saturated heterocycles. The van der Waals surface area contributed by atoms with Crippen LogP contribution in [0, 0.1) is 0 Å². The van der Waals surface area contributed by atoms with E-state index in [2.05, 4.69) is 37.4 Å². The number of allylic oxidation sites excluding steroid dienone is 1. The highest BCUT2D eigenvalue weighted by molar-refractivity contribution is 6.72. The van der Waals surface area contributed by atoms with Gasteiger partial charge >= 0.3 is 0 Å². The van der Waals surface area contributed by atoms with Crippen LogP contribution in [0.3, 0.4) is 0 Å². The average molecular weight is 190 g/mol. The number of hydrogen-bond donors (Lipinski definition) is 0. The monoisotopic (exact) mass is 190 g/mol. The molecule has 2 heteroatoms. The number of fused-ring (bicyclic) bond motifs is 1. The van der Waals surface area contributed by atoms with Gasteiger partial charge in [-0.2, -0.15) is 0 Å². The maximum atomic E-state index is 6.02. The van der Waals surface area contributed by atoms with Crippen LogP contribution in [0.4, 0.5) is 0 Å². The van der Waals surface area contributed by atoms with E-state index in [1.165, 1.54) is 5.56 Å². The predicted molar refractivity (Wildman–Crippen MR) is 58.4 cm³/mol. The largest absolute Gasteiger partial charge is 0.543 e. The Labute approximate surface area is 80.2 Å². The molecule has 0 bridgehead atoms. The highest BCUT2D eigenvalue weighted by Crippen LogP contribution is 2.28. The number of rotatable bonds is 0. The van der Waals surface area contributed by atoms with Crippen LogP contribution in [0.15, 0.2) is 30.3 Å². The van der Waals surface area contributed by atoms with Crippen molar-refractivity contribution >= 4 is 14.4 Å². The molecular formula is C11H14OSi. The Balaban J connectivity index is 2.43. The lowest BCUT2D eigenvalue weighted by molar-refractivity contribution is 0.553. The van der Waals surface area contributed by atoms with Crippen LogP contribution in [0.5, 0.6) is 5.75 Å². The highest BCUT2D eigenvalue weighted by Gasteiger charge is 2.25. The lowest BCUT2D eigenvalue weighted by Gasteiger charge is -2.21. The van der Waals surface area contributed by atoms with Crippen molar-refractivity contribution in [1.29, 1.82) is 0 Å². The maximum absolute atomic E-state index is 6.02. The summed E-state index contributed by atoms with van der Waals surface area (Å²) < 4.78 is 6.02. The number of hydrogen-bond acceptors (Lipinski definition) is 1. The van der Waals surface area contributed by atoms with Crippen LogP contribution in [-0.2, 0) is 0 Å². The molecule has 1 heterocycles. The van der Waals surface area contributed by atoms with Gasteiger partial charge in [0.05, 0.1) is 0 Å². The summed E-state index contributed by atoms with van der Waals surface area (Å²) in [7, 11) is -1.48. The van der Waals surface area contributed by atoms with Crippen LogP contribution in [0.1, 0.15) is 5.56 Å². The third-order valence-electron chi connectivity index (χ3n) is 2.21. The van der Waals surface area contributed by atoms with E-state index in [9.17, 15) is 0 Å². The molecule has 0 saturated carbocycles. The Bertz CT molecular complexity index is 342. The van der Waals surface area contributed by atoms with Gasteiger partial charge in [0.2, 0.25) is 8.32 Å². The van der Waals surface area contributed by atoms with Crippen molar-refractivity contribution in [3.05, 3.63) is 35.9 Å². The van der Waals surface area contributed by atoms with E-state index in [1.54, 1.807) is 0 Å². The van der Waals surface area contributed by atoms with E-state index in [-0.39, 0.29) is 0 Å². The second-order valence-corrected chi connectivity index (χ2v) is 8.14. The second kappa shape index (κ2) is 3.03. The third kappa shape index (κ3) is 1.83. The van der Waals surface area contributed by atoms with Gasteiger partial charge in [-0.05, 0) is 25.2 Å². The first-order chi connectivity index (χ1) is 6.17. The quantitative estimate of drug-likeness (QED) is 0.570. The van der Waals surface area contributed by atoms with E-state index in [4.69, 9.17) is 4.43 Å². The Morgan fingerprint density at radius 3 is 2.85 bits per heavy atom. The molecule has 1 nitrogen and oxygen atoms in total. The molecule has 0 atom stereocenters. The van der Waals surface area contributed by atoms with Crippen molar-refractivity contribution in [2.24, 2.45) is 0 Å². The standard InChI is InChI=1S/C11H14OSi/c1-13(2)9-5-7-10-6-3-4-8-11(10)12-13/h3-8H,9H2,1-2H3. The topological polar surface area (TPSA) is 9.23 Å². The van der Waals surface area contributed by atoms with E-state index in [0.29, 0.717) is 0 Å². The summed E-state index contributed by atoms with van der Waals surface area (Å²) >= 11 is 0. The van der Waals surface area contributed by atoms with Crippen molar-refractivity contribution in [1.82, 2.24) is 0 Å². The lowest BCUT2D eigenvalue weighted by atomic mass is 10.2.